The molecule has 39 heteroatoms. The molecule has 0 saturated heterocycles. The maximum atomic E-state index is 12.7. The van der Waals surface area contributed by atoms with Gasteiger partial charge in [-0.15, -0.1) is 0 Å². The van der Waals surface area contributed by atoms with Crippen LogP contribution < -0.4 is 54.9 Å². The third kappa shape index (κ3) is 27.9. The minimum atomic E-state index is -4.46. The summed E-state index contributed by atoms with van der Waals surface area (Å²) < 4.78 is 57.0. The van der Waals surface area contributed by atoms with Crippen LogP contribution in [0, 0.1) is 0 Å². The number of carboxylic acids is 1. The topological polar surface area (TPSA) is 418 Å². The fraction of sp³-hybridized carbons (Fsp3) is 0.407. The van der Waals surface area contributed by atoms with Gasteiger partial charge in [-0.25, -0.2) is 24.2 Å². The zero-order valence-corrected chi connectivity index (χ0v) is 61.5. The maximum Gasteiger partial charge on any atom is 0.349 e. The van der Waals surface area contributed by atoms with Crippen LogP contribution in [0.3, 0.4) is 0 Å². The lowest BCUT2D eigenvalue weighted by atomic mass is 9.93. The average molecular weight is 1530 g/mol. The number of sulfonamides is 1. The van der Waals surface area contributed by atoms with Gasteiger partial charge in [0.2, 0.25) is 34.9 Å². The number of nitrogens with zero attached hydrogens (tertiary/aromatic N) is 9. The number of hydrogen-bond donors (Lipinski definition) is 7. The lowest BCUT2D eigenvalue weighted by molar-refractivity contribution is -0.193. The van der Waals surface area contributed by atoms with Crippen molar-refractivity contribution >= 4 is 163 Å². The summed E-state index contributed by atoms with van der Waals surface area (Å²) in [6, 6.07) is 15.2. The first-order chi connectivity index (χ1) is 46.0. The molecule has 2 aliphatic heterocycles. The molecule has 0 radical (unpaired) electrons. The van der Waals surface area contributed by atoms with Gasteiger partial charge in [0, 0.05) is 49.0 Å². The van der Waals surface area contributed by atoms with Gasteiger partial charge in [-0.3, -0.25) is 34.6 Å². The van der Waals surface area contributed by atoms with Gasteiger partial charge >= 0.3 is 18.0 Å². The number of imide groups is 1. The molecule has 0 bridgehead atoms. The fourth-order valence-electron chi connectivity index (χ4n) is 8.08. The first-order valence-corrected chi connectivity index (χ1v) is 36.8. The number of carbonyl (C=O) groups excluding carboxylic acids is 6. The summed E-state index contributed by atoms with van der Waals surface area (Å²) in [5.74, 6) is -1.70. The Balaban J connectivity index is 0.000000328. The summed E-state index contributed by atoms with van der Waals surface area (Å²) in [6.07, 6.45) is 11.5. The highest BCUT2D eigenvalue weighted by Crippen LogP contribution is 2.38. The number of carbonyl (C=O) groups is 7. The van der Waals surface area contributed by atoms with Crippen LogP contribution >= 0.6 is 65.6 Å². The molecule has 0 fully saturated rings. The van der Waals surface area contributed by atoms with Crippen LogP contribution in [0.25, 0.3) is 6.08 Å². The molecule has 536 valence electrons. The van der Waals surface area contributed by atoms with E-state index in [9.17, 15) is 51.4 Å². The Hall–Kier alpha value is -7.69. The molecule has 5 aromatic rings. The van der Waals surface area contributed by atoms with E-state index in [1.165, 1.54) is 68.6 Å². The molecule has 8 rings (SSSR count). The summed E-state index contributed by atoms with van der Waals surface area (Å²) in [7, 11) is -2.56. The summed E-state index contributed by atoms with van der Waals surface area (Å²) in [5, 5.41) is 18.0. The Bertz CT molecular complexity index is 3780. The number of alkyl halides is 2. The maximum absolute atomic E-state index is 12.7. The highest BCUT2D eigenvalue weighted by molar-refractivity contribution is 7.94. The summed E-state index contributed by atoms with van der Waals surface area (Å²) in [5.41, 5.74) is 2.58. The Morgan fingerprint density at radius 2 is 1.48 bits per heavy atom. The van der Waals surface area contributed by atoms with E-state index in [4.69, 9.17) is 87.0 Å². The fourth-order valence-corrected chi connectivity index (χ4v) is 10.2. The van der Waals surface area contributed by atoms with Crippen LogP contribution in [0.4, 0.5) is 34.0 Å². The van der Waals surface area contributed by atoms with Crippen LogP contribution in [-0.4, -0.2) is 191 Å². The van der Waals surface area contributed by atoms with Crippen molar-refractivity contribution in [2.24, 2.45) is 0 Å². The van der Waals surface area contributed by atoms with Gasteiger partial charge in [-0.05, 0) is 137 Å². The van der Waals surface area contributed by atoms with Crippen LogP contribution in [0.5, 0.6) is 17.5 Å². The molecule has 5 heterocycles. The number of esters is 1. The number of urea groups is 1. The number of para-hydroxylation sites is 2. The minimum absolute atomic E-state index is 0.0672. The Morgan fingerprint density at radius 1 is 0.888 bits per heavy atom. The number of methoxy groups -OCH3 is 2. The SMILES string of the molecule is CC1COc2ccccc2N1C(=O)C(Cl)Cl.CCNc1nc(Cl)nc(NC(C)C)n1.CCOC(=O)/C(Cl)=C/c1cc(N2C(=O)C3=C(CCCC3)C2=O)ccc1Cl.COc1cc(OC)nc(NC(=O)NS(=O)(=O)c2ncccc2C(=O)N(C)C)n1.C[S+](C)C.O=C(O)CNCP(=O)([O-])O. The van der Waals surface area contributed by atoms with Crippen LogP contribution in [0.2, 0.25) is 10.3 Å². The molecule has 3 aliphatic rings. The van der Waals surface area contributed by atoms with Crippen molar-refractivity contribution < 1.29 is 80.4 Å². The summed E-state index contributed by atoms with van der Waals surface area (Å²) in [6.45, 7) is 10.5. The van der Waals surface area contributed by atoms with Gasteiger partial charge in [-0.2, -0.15) is 33.3 Å². The predicted molar refractivity (Wildman–Crippen MR) is 374 cm³/mol. The number of halogens is 5. The van der Waals surface area contributed by atoms with E-state index in [1.807, 2.05) is 57.3 Å². The zero-order valence-electron chi connectivity index (χ0n) is 55.2. The smallest absolute Gasteiger partial charge is 0.349 e. The number of rotatable bonds is 19. The minimum Gasteiger partial charge on any atom is -0.778 e. The molecule has 0 spiro atoms. The number of benzene rings is 2. The van der Waals surface area contributed by atoms with Crippen molar-refractivity contribution in [1.29, 1.82) is 0 Å². The first-order valence-electron chi connectivity index (χ1n) is 29.1. The van der Waals surface area contributed by atoms with E-state index in [2.05, 4.69) is 64.6 Å². The van der Waals surface area contributed by atoms with Crippen molar-refractivity contribution in [3.63, 3.8) is 0 Å². The monoisotopic (exact) mass is 1520 g/mol. The standard InChI is InChI=1S/C19H17Cl2NO4.C15H18N6O6S.C11H11Cl2NO2.C8H14ClN5.C3H8NO5P.C3H9S/c1-2-26-19(25)16(21)10-11-9-12(7-8-15(11)20)22-17(23)13-5-3-4-6-14(13)18(22)24;1-21(2)13(22)9-6-5-7-16-12(9)28(24,25)20-15(23)19-14-17-10(26-3)8-11(18-14)27-4;1-7-6-16-9-5-3-2-4-8(9)14(7)11(15)10(12)13;1-4-10-7-12-6(9)13-8(14-7)11-5(2)3;5-3(6)1-4-2-10(7,8)9;1-4(2)3/h7-10H,2-6H2,1H3;5-8H,1-4H3,(H2,17,18,19,20,23);2-5,7,10H,6H2,1H3;5H,4H2,1-3H3,(H2,10,11,12,13,14);4H,1-2H2,(H,5,6)(H2,7,8,9);1-3H3/q;;;;;+1/p-1/b16-10-;;;;;. The lowest BCUT2D eigenvalue weighted by Gasteiger charge is -2.35. The molecule has 31 nitrogen and oxygen atoms in total. The molecule has 2 atom stereocenters. The van der Waals surface area contributed by atoms with E-state index in [0.717, 1.165) is 25.1 Å². The van der Waals surface area contributed by atoms with E-state index < -0.39 is 64.2 Å². The number of carboxylic acid groups (broad SMARTS) is 1. The van der Waals surface area contributed by atoms with Gasteiger partial charge in [0.1, 0.15) is 25.0 Å². The van der Waals surface area contributed by atoms with Crippen LogP contribution in [0.15, 0.2) is 88.1 Å². The number of nitrogens with one attached hydrogen (secondary N) is 5. The molecule has 1 aliphatic carbocycles. The lowest BCUT2D eigenvalue weighted by Crippen LogP contribution is -2.47. The van der Waals surface area contributed by atoms with Crippen LogP contribution in [0.1, 0.15) is 76.2 Å². The predicted octanol–water partition coefficient (Wildman–Crippen LogP) is 7.37. The van der Waals surface area contributed by atoms with E-state index >= 15 is 0 Å². The zero-order chi connectivity index (χ0) is 73.8. The van der Waals surface area contributed by atoms with Gasteiger partial charge in [0.15, 0.2) is 9.86 Å². The molecule has 6 amide bonds. The normalized spacial score (nSPS) is 14.4. The van der Waals surface area contributed by atoms with E-state index in [0.29, 0.717) is 75.4 Å². The van der Waals surface area contributed by atoms with Crippen molar-refractivity contribution in [3.8, 4) is 17.5 Å². The number of fused-ring (bicyclic) bond motifs is 1. The number of ether oxygens (including phenoxy) is 4. The number of hydrogen-bond acceptors (Lipinski definition) is 24. The first kappa shape index (κ1) is 84.5. The largest absolute Gasteiger partial charge is 0.778 e. The molecule has 3 aromatic heterocycles. The molecule has 98 heavy (non-hydrogen) atoms. The average Bonchev–Trinajstić information content (AvgIpc) is 1.56. The number of anilines is 5. The van der Waals surface area contributed by atoms with Crippen molar-refractivity contribution in [3.05, 3.63) is 104 Å². The number of aromatic nitrogens is 6. The molecular formula is C59H76Cl5N14O17PS2. The second-order valence-electron chi connectivity index (χ2n) is 21.0. The van der Waals surface area contributed by atoms with Gasteiger partial charge in [-0.1, -0.05) is 58.5 Å². The molecule has 2 aromatic carbocycles. The van der Waals surface area contributed by atoms with Crippen molar-refractivity contribution in [2.75, 3.05) is 105 Å². The quantitative estimate of drug-likeness (QED) is 0.0106. The van der Waals surface area contributed by atoms with Crippen LogP contribution in [-0.2, 0) is 54.2 Å². The van der Waals surface area contributed by atoms with E-state index in [1.54, 1.807) is 34.7 Å². The molecular weight excluding hydrogens is 1450 g/mol. The third-order valence-electron chi connectivity index (χ3n) is 12.0. The summed E-state index contributed by atoms with van der Waals surface area (Å²) >= 11 is 29.1. The highest BCUT2D eigenvalue weighted by atomic mass is 35.5. The van der Waals surface area contributed by atoms with Gasteiger partial charge < -0.3 is 58.8 Å². The molecule has 7 N–H and O–H groups in total. The Labute approximate surface area is 594 Å². The second-order valence-corrected chi connectivity index (χ2v) is 28.9. The second kappa shape index (κ2) is 41.0. The number of amides is 6. The number of pyridine rings is 1. The Morgan fingerprint density at radius 3 is 2.01 bits per heavy atom. The molecule has 2 unspecified atom stereocenters. The molecule has 0 saturated carbocycles. The number of aliphatic carboxylic acids is 1. The van der Waals surface area contributed by atoms with E-state index in [-0.39, 0.29) is 70.0 Å². The highest BCUT2D eigenvalue weighted by Gasteiger charge is 2.40. The third-order valence-corrected chi connectivity index (χ3v) is 15.1. The van der Waals surface area contributed by atoms with Crippen molar-refractivity contribution in [2.45, 2.75) is 82.2 Å². The van der Waals surface area contributed by atoms with Crippen molar-refractivity contribution in [1.82, 2.24) is 44.8 Å². The summed E-state index contributed by atoms with van der Waals surface area (Å²) in [4.78, 5) is 127. The van der Waals surface area contributed by atoms with Gasteiger partial charge in [0.25, 0.3) is 33.7 Å². The Kier molecular flexibility index (Phi) is 35.4. The van der Waals surface area contributed by atoms with Gasteiger partial charge in [0.05, 0.1) is 81.5 Å².